The average molecular weight is 232 g/mol. The topological polar surface area (TPSA) is 42.4 Å². The van der Waals surface area contributed by atoms with Gasteiger partial charge in [0.2, 0.25) is 0 Å². The van der Waals surface area contributed by atoms with Crippen LogP contribution in [0.1, 0.15) is 25.0 Å². The smallest absolute Gasteiger partial charge is 0.117 e. The van der Waals surface area contributed by atoms with Crippen molar-refractivity contribution in [1.29, 1.82) is 0 Å². The second-order valence-corrected chi connectivity index (χ2v) is 5.28. The van der Waals surface area contributed by atoms with Gasteiger partial charge in [-0.25, -0.2) is 0 Å². The van der Waals surface area contributed by atoms with E-state index in [1.54, 1.807) is 6.26 Å². The molecule has 2 N–H and O–H groups in total. The van der Waals surface area contributed by atoms with Crippen molar-refractivity contribution in [3.05, 3.63) is 36.3 Å². The second kappa shape index (κ2) is 4.67. The van der Waals surface area contributed by atoms with Crippen molar-refractivity contribution < 1.29 is 4.42 Å². The first kappa shape index (κ1) is 11.1. The third-order valence-corrected chi connectivity index (χ3v) is 3.68. The summed E-state index contributed by atoms with van der Waals surface area (Å²) in [4.78, 5) is 2.55. The molecule has 0 spiro atoms. The average Bonchev–Trinajstić information content (AvgIpc) is 2.89. The predicted octanol–water partition coefficient (Wildman–Crippen LogP) is 2.15. The van der Waals surface area contributed by atoms with E-state index in [1.165, 1.54) is 12.8 Å². The second-order valence-electron chi connectivity index (χ2n) is 5.28. The number of hydrogen-bond donors (Lipinski definition) is 1. The van der Waals surface area contributed by atoms with E-state index in [-0.39, 0.29) is 6.04 Å². The van der Waals surface area contributed by atoms with Crippen LogP contribution >= 0.6 is 0 Å². The summed E-state index contributed by atoms with van der Waals surface area (Å²) >= 11 is 0. The Kier molecular flexibility index (Phi) is 3.04. The van der Waals surface area contributed by atoms with Gasteiger partial charge in [-0.15, -0.1) is 0 Å². The van der Waals surface area contributed by atoms with Gasteiger partial charge >= 0.3 is 0 Å². The van der Waals surface area contributed by atoms with Gasteiger partial charge in [-0.2, -0.15) is 0 Å². The molecule has 1 saturated carbocycles. The molecule has 2 aliphatic rings. The summed E-state index contributed by atoms with van der Waals surface area (Å²) in [6.45, 7) is 2.06. The standard InChI is InChI=1S/C14H20N2O/c15-12-4-3-11(8-12)9-16(13-5-6-13)10-14-2-1-7-17-14/h1-4,7,11-13H,5-6,8-10,15H2. The fourth-order valence-electron chi connectivity index (χ4n) is 2.63. The lowest BCUT2D eigenvalue weighted by Gasteiger charge is -2.24. The quantitative estimate of drug-likeness (QED) is 0.791. The van der Waals surface area contributed by atoms with Crippen LogP contribution in [0.5, 0.6) is 0 Å². The van der Waals surface area contributed by atoms with Crippen LogP contribution in [0.2, 0.25) is 0 Å². The maximum absolute atomic E-state index is 5.90. The minimum atomic E-state index is 0.268. The van der Waals surface area contributed by atoms with E-state index in [0.29, 0.717) is 5.92 Å². The van der Waals surface area contributed by atoms with Gasteiger partial charge in [-0.05, 0) is 37.3 Å². The van der Waals surface area contributed by atoms with Crippen LogP contribution in [0.15, 0.2) is 35.0 Å². The molecular weight excluding hydrogens is 212 g/mol. The van der Waals surface area contributed by atoms with Crippen LogP contribution in [-0.4, -0.2) is 23.5 Å². The van der Waals surface area contributed by atoms with Gasteiger partial charge in [-0.3, -0.25) is 4.90 Å². The molecule has 92 valence electrons. The van der Waals surface area contributed by atoms with Crippen LogP contribution in [-0.2, 0) is 6.54 Å². The summed E-state index contributed by atoms with van der Waals surface area (Å²) in [5.41, 5.74) is 5.90. The molecule has 0 amide bonds. The van der Waals surface area contributed by atoms with Crippen molar-refractivity contribution in [2.45, 2.75) is 37.9 Å². The molecule has 3 nitrogen and oxygen atoms in total. The maximum Gasteiger partial charge on any atom is 0.117 e. The van der Waals surface area contributed by atoms with Crippen molar-refractivity contribution in [3.8, 4) is 0 Å². The lowest BCUT2D eigenvalue weighted by atomic mass is 10.1. The molecule has 2 aliphatic carbocycles. The van der Waals surface area contributed by atoms with E-state index in [9.17, 15) is 0 Å². The van der Waals surface area contributed by atoms with Gasteiger partial charge in [0.15, 0.2) is 0 Å². The minimum absolute atomic E-state index is 0.268. The number of rotatable bonds is 5. The summed E-state index contributed by atoms with van der Waals surface area (Å²) in [5.74, 6) is 1.70. The van der Waals surface area contributed by atoms with Crippen LogP contribution in [0.25, 0.3) is 0 Å². The van der Waals surface area contributed by atoms with Gasteiger partial charge in [0.1, 0.15) is 5.76 Å². The fourth-order valence-corrected chi connectivity index (χ4v) is 2.63. The van der Waals surface area contributed by atoms with E-state index < -0.39 is 0 Å². The van der Waals surface area contributed by atoms with Crippen molar-refractivity contribution in [2.24, 2.45) is 11.7 Å². The summed E-state index contributed by atoms with van der Waals surface area (Å²) < 4.78 is 5.44. The largest absolute Gasteiger partial charge is 0.468 e. The van der Waals surface area contributed by atoms with E-state index in [2.05, 4.69) is 23.1 Å². The summed E-state index contributed by atoms with van der Waals surface area (Å²) in [6.07, 6.45) is 9.95. The van der Waals surface area contributed by atoms with Gasteiger partial charge < -0.3 is 10.2 Å². The molecule has 0 radical (unpaired) electrons. The Labute approximate surface area is 102 Å². The molecule has 0 saturated heterocycles. The molecule has 3 heteroatoms. The highest BCUT2D eigenvalue weighted by Gasteiger charge is 2.31. The third-order valence-electron chi connectivity index (χ3n) is 3.68. The van der Waals surface area contributed by atoms with E-state index in [1.807, 2.05) is 6.07 Å². The molecule has 0 aromatic carbocycles. The highest BCUT2D eigenvalue weighted by atomic mass is 16.3. The van der Waals surface area contributed by atoms with Crippen LogP contribution < -0.4 is 5.73 Å². The van der Waals surface area contributed by atoms with Crippen molar-refractivity contribution in [1.82, 2.24) is 4.90 Å². The fraction of sp³-hybridized carbons (Fsp3) is 0.571. The van der Waals surface area contributed by atoms with Gasteiger partial charge in [-0.1, -0.05) is 12.2 Å². The first-order valence-electron chi connectivity index (χ1n) is 6.51. The monoisotopic (exact) mass is 232 g/mol. The Morgan fingerprint density at radius 3 is 2.82 bits per heavy atom. The molecule has 3 rings (SSSR count). The Morgan fingerprint density at radius 1 is 1.35 bits per heavy atom. The normalized spacial score (nSPS) is 28.1. The van der Waals surface area contributed by atoms with Crippen LogP contribution in [0.3, 0.4) is 0 Å². The molecule has 1 heterocycles. The van der Waals surface area contributed by atoms with Crippen molar-refractivity contribution in [3.63, 3.8) is 0 Å². The Bertz CT molecular complexity index is 381. The zero-order chi connectivity index (χ0) is 11.7. The Morgan fingerprint density at radius 2 is 2.24 bits per heavy atom. The number of nitrogens with two attached hydrogens (primary N) is 1. The predicted molar refractivity (Wildman–Crippen MR) is 67.4 cm³/mol. The molecule has 17 heavy (non-hydrogen) atoms. The summed E-state index contributed by atoms with van der Waals surface area (Å²) in [6, 6.07) is 5.06. The van der Waals surface area contributed by atoms with Crippen LogP contribution in [0.4, 0.5) is 0 Å². The van der Waals surface area contributed by atoms with Gasteiger partial charge in [0.25, 0.3) is 0 Å². The zero-order valence-electron chi connectivity index (χ0n) is 10.1. The van der Waals surface area contributed by atoms with E-state index in [4.69, 9.17) is 10.2 Å². The number of hydrogen-bond acceptors (Lipinski definition) is 3. The SMILES string of the molecule is NC1C=CC(CN(Cc2ccco2)C2CC2)C1. The molecule has 1 aromatic rings. The van der Waals surface area contributed by atoms with E-state index >= 15 is 0 Å². The number of nitrogens with zero attached hydrogens (tertiary/aromatic N) is 1. The zero-order valence-corrected chi connectivity index (χ0v) is 10.1. The molecule has 0 bridgehead atoms. The van der Waals surface area contributed by atoms with Crippen LogP contribution in [0, 0.1) is 5.92 Å². The van der Waals surface area contributed by atoms with E-state index in [0.717, 1.165) is 31.3 Å². The molecular formula is C14H20N2O. The first-order valence-corrected chi connectivity index (χ1v) is 6.51. The molecule has 1 aromatic heterocycles. The molecule has 0 aliphatic heterocycles. The lowest BCUT2D eigenvalue weighted by Crippen LogP contribution is -2.31. The van der Waals surface area contributed by atoms with Gasteiger partial charge in [0.05, 0.1) is 12.8 Å². The minimum Gasteiger partial charge on any atom is -0.468 e. The maximum atomic E-state index is 5.90. The molecule has 1 fully saturated rings. The first-order chi connectivity index (χ1) is 8.31. The lowest BCUT2D eigenvalue weighted by molar-refractivity contribution is 0.210. The highest BCUT2D eigenvalue weighted by molar-refractivity contribution is 5.07. The molecule has 2 unspecified atom stereocenters. The summed E-state index contributed by atoms with van der Waals surface area (Å²) in [7, 11) is 0. The van der Waals surface area contributed by atoms with Crippen molar-refractivity contribution in [2.75, 3.05) is 6.54 Å². The number of furan rings is 1. The Balaban J connectivity index is 1.59. The highest BCUT2D eigenvalue weighted by Crippen LogP contribution is 2.30. The van der Waals surface area contributed by atoms with Crippen molar-refractivity contribution >= 4 is 0 Å². The molecule has 2 atom stereocenters. The summed E-state index contributed by atoms with van der Waals surface area (Å²) in [5, 5.41) is 0. The third kappa shape index (κ3) is 2.79. The Hall–Kier alpha value is -1.06. The van der Waals surface area contributed by atoms with Gasteiger partial charge in [0, 0.05) is 18.6 Å².